The zero-order chi connectivity index (χ0) is 11.7. The summed E-state index contributed by atoms with van der Waals surface area (Å²) in [6.07, 6.45) is 6.17. The van der Waals surface area contributed by atoms with Gasteiger partial charge in [0, 0.05) is 18.4 Å². The first-order chi connectivity index (χ1) is 7.65. The summed E-state index contributed by atoms with van der Waals surface area (Å²) >= 11 is 0. The highest BCUT2D eigenvalue weighted by atomic mass is 16.4. The van der Waals surface area contributed by atoms with Crippen molar-refractivity contribution in [2.75, 3.05) is 6.54 Å². The molecule has 0 aromatic rings. The van der Waals surface area contributed by atoms with Gasteiger partial charge in [0.15, 0.2) is 0 Å². The van der Waals surface area contributed by atoms with Crippen LogP contribution in [0.15, 0.2) is 24.8 Å². The van der Waals surface area contributed by atoms with Crippen LogP contribution in [0.1, 0.15) is 6.42 Å². The van der Waals surface area contributed by atoms with Crippen LogP contribution in [0, 0.1) is 23.7 Å². The largest absolute Gasteiger partial charge is 0.550 e. The number of carboxylic acid groups (broad SMARTS) is 1. The molecule has 2 rings (SSSR count). The summed E-state index contributed by atoms with van der Waals surface area (Å²) in [5, 5.41) is 13.7. The Labute approximate surface area is 94.0 Å². The first-order valence-corrected chi connectivity index (χ1v) is 5.43. The van der Waals surface area contributed by atoms with Gasteiger partial charge in [-0.05, 0) is 18.3 Å². The van der Waals surface area contributed by atoms with Gasteiger partial charge in [-0.1, -0.05) is 18.2 Å². The number of carbonyl (C=O) groups excluding carboxylic acids is 2. The molecule has 1 amide bonds. The van der Waals surface area contributed by atoms with Gasteiger partial charge in [0.2, 0.25) is 5.91 Å². The van der Waals surface area contributed by atoms with Gasteiger partial charge in [-0.15, -0.1) is 6.58 Å². The van der Waals surface area contributed by atoms with Crippen molar-refractivity contribution in [1.29, 1.82) is 0 Å². The zero-order valence-electron chi connectivity index (χ0n) is 8.89. The van der Waals surface area contributed by atoms with E-state index >= 15 is 0 Å². The second kappa shape index (κ2) is 4.12. The van der Waals surface area contributed by atoms with Gasteiger partial charge in [-0.25, -0.2) is 0 Å². The van der Waals surface area contributed by atoms with Crippen molar-refractivity contribution in [3.05, 3.63) is 24.8 Å². The molecule has 86 valence electrons. The quantitative estimate of drug-likeness (QED) is 0.648. The summed E-state index contributed by atoms with van der Waals surface area (Å²) < 4.78 is 0. The molecule has 16 heavy (non-hydrogen) atoms. The number of hydrogen-bond donors (Lipinski definition) is 1. The number of amides is 1. The van der Waals surface area contributed by atoms with Crippen molar-refractivity contribution < 1.29 is 14.7 Å². The SMILES string of the molecule is C=CCNC(=O)[C@@H]1[C@@H](C(=O)[O-])[C@H]2C=C[C@H]1C2. The summed E-state index contributed by atoms with van der Waals surface area (Å²) in [5.41, 5.74) is 0. The van der Waals surface area contributed by atoms with E-state index in [1.165, 1.54) is 0 Å². The van der Waals surface area contributed by atoms with Crippen LogP contribution in [-0.2, 0) is 9.59 Å². The van der Waals surface area contributed by atoms with Crippen molar-refractivity contribution in [2.45, 2.75) is 6.42 Å². The molecular formula is C12H14NO3-. The molecular weight excluding hydrogens is 206 g/mol. The molecule has 4 nitrogen and oxygen atoms in total. The molecule has 0 aromatic heterocycles. The lowest BCUT2D eigenvalue weighted by molar-refractivity contribution is -0.313. The van der Waals surface area contributed by atoms with Crippen LogP contribution in [0.2, 0.25) is 0 Å². The van der Waals surface area contributed by atoms with Crippen molar-refractivity contribution in [3.8, 4) is 0 Å². The van der Waals surface area contributed by atoms with Crippen molar-refractivity contribution >= 4 is 11.9 Å². The van der Waals surface area contributed by atoms with E-state index in [1.807, 2.05) is 12.2 Å². The number of fused-ring (bicyclic) bond motifs is 2. The number of rotatable bonds is 4. The Morgan fingerprint density at radius 1 is 1.38 bits per heavy atom. The van der Waals surface area contributed by atoms with Crippen LogP contribution in [0.25, 0.3) is 0 Å². The Balaban J connectivity index is 2.13. The predicted octanol–water partition coefficient (Wildman–Crippen LogP) is -0.523. The summed E-state index contributed by atoms with van der Waals surface area (Å²) in [6.45, 7) is 3.88. The van der Waals surface area contributed by atoms with Crippen LogP contribution < -0.4 is 10.4 Å². The van der Waals surface area contributed by atoms with Crippen LogP contribution >= 0.6 is 0 Å². The molecule has 2 aliphatic carbocycles. The van der Waals surface area contributed by atoms with Crippen LogP contribution in [-0.4, -0.2) is 18.4 Å². The number of hydrogen-bond acceptors (Lipinski definition) is 3. The highest BCUT2D eigenvalue weighted by Gasteiger charge is 2.48. The molecule has 4 atom stereocenters. The first kappa shape index (κ1) is 10.9. The molecule has 0 spiro atoms. The summed E-state index contributed by atoms with van der Waals surface area (Å²) in [6, 6.07) is 0. The van der Waals surface area contributed by atoms with Gasteiger partial charge in [0.1, 0.15) is 0 Å². The lowest BCUT2D eigenvalue weighted by Crippen LogP contribution is -2.44. The molecule has 1 fully saturated rings. The lowest BCUT2D eigenvalue weighted by atomic mass is 9.82. The third-order valence-electron chi connectivity index (χ3n) is 3.45. The summed E-state index contributed by atoms with van der Waals surface area (Å²) in [4.78, 5) is 22.9. The van der Waals surface area contributed by atoms with Crippen LogP contribution in [0.5, 0.6) is 0 Å². The monoisotopic (exact) mass is 220 g/mol. The Kier molecular flexibility index (Phi) is 2.81. The zero-order valence-corrected chi connectivity index (χ0v) is 8.89. The minimum atomic E-state index is -1.12. The fourth-order valence-corrected chi connectivity index (χ4v) is 2.79. The maximum absolute atomic E-state index is 11.8. The molecule has 2 bridgehead atoms. The second-order valence-electron chi connectivity index (χ2n) is 4.35. The van der Waals surface area contributed by atoms with E-state index in [9.17, 15) is 14.7 Å². The Bertz CT molecular complexity index is 361. The van der Waals surface area contributed by atoms with Gasteiger partial charge < -0.3 is 15.2 Å². The summed E-state index contributed by atoms with van der Waals surface area (Å²) in [5.74, 6) is -2.44. The van der Waals surface area contributed by atoms with Gasteiger partial charge >= 0.3 is 0 Å². The normalized spacial score (nSPS) is 35.0. The average molecular weight is 220 g/mol. The molecule has 0 aromatic carbocycles. The minimum absolute atomic E-state index is 0.0329. The minimum Gasteiger partial charge on any atom is -0.550 e. The molecule has 1 N–H and O–H groups in total. The molecule has 1 saturated carbocycles. The number of allylic oxidation sites excluding steroid dienone is 2. The first-order valence-electron chi connectivity index (χ1n) is 5.43. The number of carboxylic acids is 1. The topological polar surface area (TPSA) is 69.2 Å². The van der Waals surface area contributed by atoms with Gasteiger partial charge in [0.25, 0.3) is 0 Å². The van der Waals surface area contributed by atoms with Crippen LogP contribution in [0.4, 0.5) is 0 Å². The van der Waals surface area contributed by atoms with E-state index in [2.05, 4.69) is 11.9 Å². The average Bonchev–Trinajstić information content (AvgIpc) is 2.84. The Morgan fingerprint density at radius 3 is 2.56 bits per heavy atom. The number of carbonyl (C=O) groups is 2. The standard InChI is InChI=1S/C12H15NO3/c1-2-5-13-11(14)9-7-3-4-8(6-7)10(9)12(15)16/h2-4,7-10H,1,5-6H2,(H,13,14)(H,15,16)/p-1/t7-,8-,9-,10-/m0/s1. The highest BCUT2D eigenvalue weighted by molar-refractivity contribution is 5.86. The summed E-state index contributed by atoms with van der Waals surface area (Å²) in [7, 11) is 0. The third kappa shape index (κ3) is 1.64. The van der Waals surface area contributed by atoms with E-state index in [-0.39, 0.29) is 17.7 Å². The fourth-order valence-electron chi connectivity index (χ4n) is 2.79. The Hall–Kier alpha value is -1.58. The van der Waals surface area contributed by atoms with E-state index in [4.69, 9.17) is 0 Å². The smallest absolute Gasteiger partial charge is 0.224 e. The predicted molar refractivity (Wildman–Crippen MR) is 55.9 cm³/mol. The molecule has 0 radical (unpaired) electrons. The molecule has 2 aliphatic rings. The third-order valence-corrected chi connectivity index (χ3v) is 3.45. The van der Waals surface area contributed by atoms with Gasteiger partial charge in [-0.3, -0.25) is 4.79 Å². The molecule has 0 saturated heterocycles. The highest BCUT2D eigenvalue weighted by Crippen LogP contribution is 2.47. The van der Waals surface area contributed by atoms with E-state index < -0.39 is 17.8 Å². The van der Waals surface area contributed by atoms with Gasteiger partial charge in [0.05, 0.1) is 5.92 Å². The lowest BCUT2D eigenvalue weighted by Gasteiger charge is -2.27. The van der Waals surface area contributed by atoms with Crippen LogP contribution in [0.3, 0.4) is 0 Å². The maximum Gasteiger partial charge on any atom is 0.224 e. The molecule has 0 heterocycles. The fraction of sp³-hybridized carbons (Fsp3) is 0.500. The van der Waals surface area contributed by atoms with Gasteiger partial charge in [-0.2, -0.15) is 0 Å². The van der Waals surface area contributed by atoms with E-state index in [0.717, 1.165) is 6.42 Å². The van der Waals surface area contributed by atoms with E-state index in [1.54, 1.807) is 6.08 Å². The second-order valence-corrected chi connectivity index (χ2v) is 4.35. The number of aliphatic carboxylic acids is 1. The molecule has 4 heteroatoms. The number of nitrogens with one attached hydrogen (secondary N) is 1. The molecule has 0 unspecified atom stereocenters. The van der Waals surface area contributed by atoms with E-state index in [0.29, 0.717) is 6.54 Å². The Morgan fingerprint density at radius 2 is 2.00 bits per heavy atom. The van der Waals surface area contributed by atoms with Crippen molar-refractivity contribution in [1.82, 2.24) is 5.32 Å². The van der Waals surface area contributed by atoms with Crippen molar-refractivity contribution in [2.24, 2.45) is 23.7 Å². The maximum atomic E-state index is 11.8. The van der Waals surface area contributed by atoms with Crippen molar-refractivity contribution in [3.63, 3.8) is 0 Å². The molecule has 0 aliphatic heterocycles.